The molecule has 55 heavy (non-hydrogen) atoms. The molecular weight excluding hydrogens is 663 g/mol. The van der Waals surface area contributed by atoms with E-state index >= 15 is 0 Å². The minimum atomic E-state index is 1.10. The van der Waals surface area contributed by atoms with E-state index in [0.717, 1.165) is 17.1 Å². The lowest BCUT2D eigenvalue weighted by Gasteiger charge is -2.26. The van der Waals surface area contributed by atoms with Gasteiger partial charge in [-0.2, -0.15) is 0 Å². The molecule has 0 radical (unpaired) electrons. The molecule has 0 N–H and O–H groups in total. The summed E-state index contributed by atoms with van der Waals surface area (Å²) in [5.41, 5.74) is 12.9. The molecule has 0 heterocycles. The normalized spacial score (nSPS) is 11.3. The van der Waals surface area contributed by atoms with Crippen LogP contribution in [0.5, 0.6) is 0 Å². The van der Waals surface area contributed by atoms with Crippen LogP contribution >= 0.6 is 0 Å². The van der Waals surface area contributed by atoms with Gasteiger partial charge in [-0.15, -0.1) is 0 Å². The SMILES string of the molecule is c1cc(-c2ccc3ccccc3c2)cc(N(c2ccc(-c3ccc4ccccc4c3)cc2)c2ccc(-c3ccccc3-c3ccc4ccccc4c3)cc2)c1. The Morgan fingerprint density at radius 3 is 1.13 bits per heavy atom. The zero-order valence-electron chi connectivity index (χ0n) is 30.3. The second kappa shape index (κ2) is 14.0. The molecule has 0 unspecified atom stereocenters. The van der Waals surface area contributed by atoms with Crippen LogP contribution in [-0.4, -0.2) is 0 Å². The number of anilines is 3. The third-order valence-corrected chi connectivity index (χ3v) is 10.8. The van der Waals surface area contributed by atoms with Gasteiger partial charge in [0.25, 0.3) is 0 Å². The lowest BCUT2D eigenvalue weighted by atomic mass is 9.93. The predicted molar refractivity (Wildman–Crippen MR) is 235 cm³/mol. The molecule has 0 spiro atoms. The number of hydrogen-bond acceptors (Lipinski definition) is 1. The maximum Gasteiger partial charge on any atom is 0.0467 e. The average Bonchev–Trinajstić information content (AvgIpc) is 3.26. The molecule has 10 aromatic rings. The average molecular weight is 700 g/mol. The van der Waals surface area contributed by atoms with Crippen LogP contribution < -0.4 is 4.90 Å². The first-order valence-corrected chi connectivity index (χ1v) is 18.9. The van der Waals surface area contributed by atoms with E-state index in [9.17, 15) is 0 Å². The van der Waals surface area contributed by atoms with Crippen LogP contribution in [0.4, 0.5) is 17.1 Å². The molecule has 1 heteroatoms. The van der Waals surface area contributed by atoms with Gasteiger partial charge in [0.05, 0.1) is 0 Å². The summed E-state index contributed by atoms with van der Waals surface area (Å²) in [6.07, 6.45) is 0. The first-order valence-electron chi connectivity index (χ1n) is 18.9. The van der Waals surface area contributed by atoms with Gasteiger partial charge in [-0.3, -0.25) is 0 Å². The largest absolute Gasteiger partial charge is 0.310 e. The smallest absolute Gasteiger partial charge is 0.0467 e. The fraction of sp³-hybridized carbons (Fsp3) is 0. The lowest BCUT2D eigenvalue weighted by Crippen LogP contribution is -2.10. The molecular formula is C54H37N. The van der Waals surface area contributed by atoms with E-state index < -0.39 is 0 Å². The third-order valence-electron chi connectivity index (χ3n) is 10.8. The van der Waals surface area contributed by atoms with E-state index in [0.29, 0.717) is 0 Å². The van der Waals surface area contributed by atoms with Crippen LogP contribution in [-0.2, 0) is 0 Å². The van der Waals surface area contributed by atoms with E-state index in [-0.39, 0.29) is 0 Å². The zero-order valence-corrected chi connectivity index (χ0v) is 30.3. The molecule has 0 atom stereocenters. The van der Waals surface area contributed by atoms with Crippen molar-refractivity contribution < 1.29 is 0 Å². The van der Waals surface area contributed by atoms with Crippen molar-refractivity contribution in [2.45, 2.75) is 0 Å². The molecule has 1 nitrogen and oxygen atoms in total. The Morgan fingerprint density at radius 1 is 0.200 bits per heavy atom. The van der Waals surface area contributed by atoms with Gasteiger partial charge in [0.2, 0.25) is 0 Å². The van der Waals surface area contributed by atoms with Crippen molar-refractivity contribution in [2.75, 3.05) is 4.90 Å². The van der Waals surface area contributed by atoms with Crippen LogP contribution in [0.1, 0.15) is 0 Å². The summed E-state index contributed by atoms with van der Waals surface area (Å²) in [5.74, 6) is 0. The van der Waals surface area contributed by atoms with E-state index in [1.807, 2.05) is 0 Å². The molecule has 0 saturated carbocycles. The summed E-state index contributed by atoms with van der Waals surface area (Å²) in [7, 11) is 0. The summed E-state index contributed by atoms with van der Waals surface area (Å²) in [6, 6.07) is 81.5. The Balaban J connectivity index is 1.05. The van der Waals surface area contributed by atoms with Crippen molar-refractivity contribution in [1.82, 2.24) is 0 Å². The van der Waals surface area contributed by atoms with E-state index in [2.05, 4.69) is 229 Å². The first-order chi connectivity index (χ1) is 27.2. The van der Waals surface area contributed by atoms with Gasteiger partial charge in [-0.25, -0.2) is 0 Å². The van der Waals surface area contributed by atoms with Crippen LogP contribution in [0, 0.1) is 0 Å². The second-order valence-electron chi connectivity index (χ2n) is 14.2. The summed E-state index contributed by atoms with van der Waals surface area (Å²) >= 11 is 0. The fourth-order valence-corrected chi connectivity index (χ4v) is 7.95. The molecule has 0 aliphatic heterocycles. The molecule has 0 aliphatic carbocycles. The second-order valence-corrected chi connectivity index (χ2v) is 14.2. The molecule has 0 amide bonds. The molecule has 10 aromatic carbocycles. The standard InChI is InChI=1S/C54H37N/c1-4-13-43-34-47(23-20-38(43)10-1)41-26-30-50(31-27-41)55(52-17-9-16-46(37-52)48-24-21-39-11-2-5-14-44(39)35-48)51-32-28-42(29-33-51)53-18-7-8-19-54(53)49-25-22-40-12-3-6-15-45(40)36-49/h1-37H. The van der Waals surface area contributed by atoms with Crippen molar-refractivity contribution in [3.05, 3.63) is 224 Å². The minimum absolute atomic E-state index is 1.10. The highest BCUT2D eigenvalue weighted by atomic mass is 15.1. The van der Waals surface area contributed by atoms with Gasteiger partial charge >= 0.3 is 0 Å². The van der Waals surface area contributed by atoms with Crippen molar-refractivity contribution in [3.63, 3.8) is 0 Å². The Hall–Kier alpha value is -7.22. The van der Waals surface area contributed by atoms with Gasteiger partial charge in [0, 0.05) is 17.1 Å². The molecule has 0 aliphatic rings. The Morgan fingerprint density at radius 2 is 0.582 bits per heavy atom. The number of rotatable bonds is 7. The molecule has 0 saturated heterocycles. The van der Waals surface area contributed by atoms with Crippen molar-refractivity contribution in [3.8, 4) is 44.5 Å². The molecule has 0 aromatic heterocycles. The summed E-state index contributed by atoms with van der Waals surface area (Å²) in [4.78, 5) is 2.37. The topological polar surface area (TPSA) is 3.24 Å². The number of hydrogen-bond donors (Lipinski definition) is 0. The van der Waals surface area contributed by atoms with Gasteiger partial charge in [0.1, 0.15) is 0 Å². The monoisotopic (exact) mass is 699 g/mol. The molecule has 0 fully saturated rings. The highest BCUT2D eigenvalue weighted by molar-refractivity contribution is 5.93. The molecule has 258 valence electrons. The Bertz CT molecular complexity index is 2970. The minimum Gasteiger partial charge on any atom is -0.310 e. The van der Waals surface area contributed by atoms with E-state index in [1.54, 1.807) is 0 Å². The first kappa shape index (κ1) is 32.4. The summed E-state index contributed by atoms with van der Waals surface area (Å²) < 4.78 is 0. The molecule has 0 bridgehead atoms. The van der Waals surface area contributed by atoms with E-state index in [4.69, 9.17) is 0 Å². The van der Waals surface area contributed by atoms with Crippen LogP contribution in [0.15, 0.2) is 224 Å². The summed E-state index contributed by atoms with van der Waals surface area (Å²) in [5, 5.41) is 7.49. The maximum absolute atomic E-state index is 2.37. The van der Waals surface area contributed by atoms with Gasteiger partial charge in [-0.1, -0.05) is 170 Å². The lowest BCUT2D eigenvalue weighted by molar-refractivity contribution is 1.28. The highest BCUT2D eigenvalue weighted by Crippen LogP contribution is 2.40. The number of nitrogens with zero attached hydrogens (tertiary/aromatic N) is 1. The van der Waals surface area contributed by atoms with Crippen molar-refractivity contribution >= 4 is 49.4 Å². The van der Waals surface area contributed by atoms with Crippen molar-refractivity contribution in [2.24, 2.45) is 0 Å². The van der Waals surface area contributed by atoms with Crippen LogP contribution in [0.2, 0.25) is 0 Å². The zero-order chi connectivity index (χ0) is 36.6. The van der Waals surface area contributed by atoms with Crippen LogP contribution in [0.3, 0.4) is 0 Å². The Kier molecular flexibility index (Phi) is 8.24. The van der Waals surface area contributed by atoms with E-state index in [1.165, 1.54) is 76.8 Å². The van der Waals surface area contributed by atoms with Crippen LogP contribution in [0.25, 0.3) is 76.8 Å². The van der Waals surface area contributed by atoms with Gasteiger partial charge < -0.3 is 4.90 Å². The van der Waals surface area contributed by atoms with Crippen molar-refractivity contribution in [1.29, 1.82) is 0 Å². The highest BCUT2D eigenvalue weighted by Gasteiger charge is 2.16. The Labute approximate surface area is 322 Å². The number of benzene rings is 10. The third kappa shape index (κ3) is 6.33. The summed E-state index contributed by atoms with van der Waals surface area (Å²) in [6.45, 7) is 0. The molecule has 10 rings (SSSR count). The maximum atomic E-state index is 2.37. The number of fused-ring (bicyclic) bond motifs is 3. The fourth-order valence-electron chi connectivity index (χ4n) is 7.95. The quantitative estimate of drug-likeness (QED) is 0.160. The predicted octanol–water partition coefficient (Wildman–Crippen LogP) is 15.3. The van der Waals surface area contributed by atoms with Gasteiger partial charge in [0.15, 0.2) is 0 Å². The van der Waals surface area contributed by atoms with Gasteiger partial charge in [-0.05, 0) is 131 Å².